The summed E-state index contributed by atoms with van der Waals surface area (Å²) in [6, 6.07) is 2.06. The van der Waals surface area contributed by atoms with Gasteiger partial charge < -0.3 is 14.8 Å². The molecule has 0 bridgehead atoms. The molecule has 0 radical (unpaired) electrons. The Labute approximate surface area is 114 Å². The minimum atomic E-state index is -0.290. The molecule has 19 heavy (non-hydrogen) atoms. The first-order valence-electron chi connectivity index (χ1n) is 6.16. The van der Waals surface area contributed by atoms with Gasteiger partial charge in [-0.1, -0.05) is 0 Å². The Morgan fingerprint density at radius 3 is 2.74 bits per heavy atom. The molecule has 1 N–H and O–H groups in total. The van der Waals surface area contributed by atoms with Crippen LogP contribution in [0.25, 0.3) is 10.9 Å². The summed E-state index contributed by atoms with van der Waals surface area (Å²) < 4.78 is 0. The number of pyridine rings is 1. The number of fused-ring (bicyclic) bond motifs is 1. The highest BCUT2D eigenvalue weighted by molar-refractivity contribution is 7.09. The van der Waals surface area contributed by atoms with Crippen molar-refractivity contribution in [3.8, 4) is 6.07 Å². The predicted molar refractivity (Wildman–Crippen MR) is 76.9 cm³/mol. The Morgan fingerprint density at radius 1 is 1.32 bits per heavy atom. The van der Waals surface area contributed by atoms with Gasteiger partial charge in [0.15, 0.2) is 0 Å². The van der Waals surface area contributed by atoms with E-state index in [9.17, 15) is 10.1 Å². The van der Waals surface area contributed by atoms with Gasteiger partial charge in [-0.05, 0) is 7.05 Å². The van der Waals surface area contributed by atoms with Crippen molar-refractivity contribution in [2.45, 2.75) is 0 Å². The number of hydrogen-bond donors (Lipinski definition) is 1. The van der Waals surface area contributed by atoms with Crippen LogP contribution in [0.4, 0.5) is 5.69 Å². The lowest BCUT2D eigenvalue weighted by atomic mass is 10.1. The van der Waals surface area contributed by atoms with Crippen molar-refractivity contribution in [2.24, 2.45) is 0 Å². The summed E-state index contributed by atoms with van der Waals surface area (Å²) in [6.07, 6.45) is 0. The topological polar surface area (TPSA) is 63.1 Å². The molecular weight excluding hydrogens is 260 g/mol. The molecule has 1 aliphatic rings. The molecular formula is C13H14N4OS. The molecule has 0 spiro atoms. The van der Waals surface area contributed by atoms with Gasteiger partial charge in [-0.25, -0.2) is 0 Å². The highest BCUT2D eigenvalue weighted by Crippen LogP contribution is 2.30. The number of hydrogen-bond acceptors (Lipinski definition) is 5. The van der Waals surface area contributed by atoms with Crippen molar-refractivity contribution in [3.05, 3.63) is 26.7 Å². The van der Waals surface area contributed by atoms with Crippen LogP contribution in [0.3, 0.4) is 0 Å². The first-order chi connectivity index (χ1) is 9.20. The number of nitrogens with one attached hydrogen (secondary N) is 1. The largest absolute Gasteiger partial charge is 0.367 e. The van der Waals surface area contributed by atoms with Crippen molar-refractivity contribution in [3.63, 3.8) is 0 Å². The van der Waals surface area contributed by atoms with E-state index in [0.29, 0.717) is 0 Å². The normalized spacial score (nSPS) is 16.7. The van der Waals surface area contributed by atoms with E-state index in [1.165, 1.54) is 0 Å². The third kappa shape index (κ3) is 2.01. The number of likely N-dealkylation sites (N-methyl/N-ethyl adjacent to an activating group) is 1. The number of nitrogens with zero attached hydrogens (tertiary/aromatic N) is 3. The minimum absolute atomic E-state index is 0.232. The number of aromatic amines is 1. The maximum absolute atomic E-state index is 12.0. The van der Waals surface area contributed by atoms with Crippen molar-refractivity contribution in [1.82, 2.24) is 9.88 Å². The van der Waals surface area contributed by atoms with Crippen molar-refractivity contribution >= 4 is 27.9 Å². The molecule has 0 atom stereocenters. The van der Waals surface area contributed by atoms with Crippen LogP contribution >= 0.6 is 11.3 Å². The fourth-order valence-corrected chi connectivity index (χ4v) is 3.23. The van der Waals surface area contributed by atoms with Crippen molar-refractivity contribution in [1.29, 1.82) is 5.26 Å². The van der Waals surface area contributed by atoms with Gasteiger partial charge in [0.05, 0.1) is 11.2 Å². The average Bonchev–Trinajstić information content (AvgIpc) is 2.86. The van der Waals surface area contributed by atoms with Crippen LogP contribution in [-0.2, 0) is 0 Å². The smallest absolute Gasteiger partial charge is 0.268 e. The third-order valence-corrected chi connectivity index (χ3v) is 4.30. The molecule has 0 unspecified atom stereocenters. The predicted octanol–water partition coefficient (Wildman–Crippen LogP) is 1.21. The van der Waals surface area contributed by atoms with Gasteiger partial charge in [0.1, 0.15) is 11.6 Å². The van der Waals surface area contributed by atoms with E-state index in [4.69, 9.17) is 0 Å². The van der Waals surface area contributed by atoms with Crippen LogP contribution in [-0.4, -0.2) is 43.1 Å². The number of piperazine rings is 1. The first-order valence-corrected chi connectivity index (χ1v) is 7.11. The van der Waals surface area contributed by atoms with Crippen LogP contribution in [0, 0.1) is 11.3 Å². The fraction of sp³-hybridized carbons (Fsp3) is 0.385. The first kappa shape index (κ1) is 12.2. The molecule has 98 valence electrons. The fourth-order valence-electron chi connectivity index (χ4n) is 2.47. The standard InChI is InChI=1S/C13H14N4OS/c1-16-2-4-17(5-3-16)12-9(6-14)13(18)15-11-8-19-7-10(11)12/h7-8H,2-5H2,1H3,(H,15,18). The quantitative estimate of drug-likeness (QED) is 0.849. The van der Waals surface area contributed by atoms with E-state index < -0.39 is 0 Å². The molecule has 0 aliphatic carbocycles. The molecule has 1 saturated heterocycles. The lowest BCUT2D eigenvalue weighted by molar-refractivity contribution is 0.313. The minimum Gasteiger partial charge on any atom is -0.367 e. The number of thiophene rings is 1. The Hall–Kier alpha value is -1.84. The number of nitriles is 1. The Balaban J connectivity index is 2.18. The molecule has 2 aromatic rings. The van der Waals surface area contributed by atoms with E-state index in [1.807, 2.05) is 10.8 Å². The summed E-state index contributed by atoms with van der Waals surface area (Å²) in [6.45, 7) is 3.59. The zero-order valence-electron chi connectivity index (χ0n) is 10.6. The summed E-state index contributed by atoms with van der Waals surface area (Å²) in [5.74, 6) is 0. The van der Waals surface area contributed by atoms with Crippen LogP contribution in [0.1, 0.15) is 5.56 Å². The summed E-state index contributed by atoms with van der Waals surface area (Å²) in [5.41, 5.74) is 1.57. The van der Waals surface area contributed by atoms with Crippen LogP contribution < -0.4 is 10.5 Å². The van der Waals surface area contributed by atoms with Gasteiger partial charge in [0.25, 0.3) is 5.56 Å². The second-order valence-corrected chi connectivity index (χ2v) is 5.52. The number of anilines is 1. The second-order valence-electron chi connectivity index (χ2n) is 4.78. The van der Waals surface area contributed by atoms with Crippen molar-refractivity contribution in [2.75, 3.05) is 38.1 Å². The van der Waals surface area contributed by atoms with E-state index in [1.54, 1.807) is 11.3 Å². The van der Waals surface area contributed by atoms with Gasteiger partial charge in [-0.3, -0.25) is 4.79 Å². The lowest BCUT2D eigenvalue weighted by Gasteiger charge is -2.34. The Bertz CT molecular complexity index is 703. The highest BCUT2D eigenvalue weighted by atomic mass is 32.1. The van der Waals surface area contributed by atoms with Crippen LogP contribution in [0.5, 0.6) is 0 Å². The van der Waals surface area contributed by atoms with Gasteiger partial charge in [-0.2, -0.15) is 5.26 Å². The second kappa shape index (κ2) is 4.68. The maximum atomic E-state index is 12.0. The zero-order valence-corrected chi connectivity index (χ0v) is 11.5. The number of rotatable bonds is 1. The number of aromatic nitrogens is 1. The Kier molecular flexibility index (Phi) is 3.01. The molecule has 1 fully saturated rings. The zero-order chi connectivity index (χ0) is 13.4. The van der Waals surface area contributed by atoms with Crippen molar-refractivity contribution < 1.29 is 0 Å². The van der Waals surface area contributed by atoms with E-state index in [-0.39, 0.29) is 11.1 Å². The molecule has 0 saturated carbocycles. The van der Waals surface area contributed by atoms with Gasteiger partial charge in [0.2, 0.25) is 0 Å². The summed E-state index contributed by atoms with van der Waals surface area (Å²) in [4.78, 5) is 19.2. The maximum Gasteiger partial charge on any atom is 0.268 e. The lowest BCUT2D eigenvalue weighted by Crippen LogP contribution is -2.45. The SMILES string of the molecule is CN1CCN(c2c(C#N)c(=O)[nH]c3cscc23)CC1. The monoisotopic (exact) mass is 274 g/mol. The van der Waals surface area contributed by atoms with E-state index in [2.05, 4.69) is 27.9 Å². The average molecular weight is 274 g/mol. The molecule has 2 aromatic heterocycles. The summed E-state index contributed by atoms with van der Waals surface area (Å²) in [7, 11) is 2.08. The van der Waals surface area contributed by atoms with Crippen LogP contribution in [0.15, 0.2) is 15.6 Å². The van der Waals surface area contributed by atoms with Gasteiger partial charge in [0, 0.05) is 42.3 Å². The molecule has 5 nitrogen and oxygen atoms in total. The van der Waals surface area contributed by atoms with Gasteiger partial charge >= 0.3 is 0 Å². The van der Waals surface area contributed by atoms with E-state index >= 15 is 0 Å². The molecule has 0 aromatic carbocycles. The molecule has 6 heteroatoms. The van der Waals surface area contributed by atoms with Gasteiger partial charge in [-0.15, -0.1) is 11.3 Å². The summed E-state index contributed by atoms with van der Waals surface area (Å²) in [5, 5.41) is 14.2. The highest BCUT2D eigenvalue weighted by Gasteiger charge is 2.22. The molecule has 3 rings (SSSR count). The Morgan fingerprint density at radius 2 is 2.05 bits per heavy atom. The van der Waals surface area contributed by atoms with Crippen LogP contribution in [0.2, 0.25) is 0 Å². The number of H-pyrrole nitrogens is 1. The third-order valence-electron chi connectivity index (χ3n) is 3.56. The van der Waals surface area contributed by atoms with E-state index in [0.717, 1.165) is 42.8 Å². The molecule has 1 aliphatic heterocycles. The summed E-state index contributed by atoms with van der Waals surface area (Å²) >= 11 is 1.54. The molecule has 3 heterocycles. The molecule has 0 amide bonds.